The number of carboxylic acids is 1. The van der Waals surface area contributed by atoms with E-state index in [0.29, 0.717) is 12.2 Å². The highest BCUT2D eigenvalue weighted by molar-refractivity contribution is 5.96. The minimum atomic E-state index is -1.21. The molecule has 0 saturated carbocycles. The van der Waals surface area contributed by atoms with Gasteiger partial charge in [0.2, 0.25) is 5.60 Å². The third-order valence-electron chi connectivity index (χ3n) is 4.43. The Labute approximate surface area is 141 Å². The molecular weight excluding hydrogens is 300 g/mol. The molecule has 0 aliphatic rings. The fraction of sp³-hybridized carbons (Fsp3) is 0.190. The molecule has 1 N–H and O–H groups in total. The SMILES string of the molecule is CC[C@@](C)(Oc1ccc(-c2cccc3ccccc23)cc1)C(=O)O. The number of carboxylic acid groups (broad SMARTS) is 1. The van der Waals surface area contributed by atoms with E-state index >= 15 is 0 Å². The molecule has 3 aromatic carbocycles. The first-order valence-corrected chi connectivity index (χ1v) is 8.04. The number of fused-ring (bicyclic) bond motifs is 1. The van der Waals surface area contributed by atoms with Gasteiger partial charge in [-0.15, -0.1) is 0 Å². The minimum Gasteiger partial charge on any atom is -0.478 e. The number of hydrogen-bond acceptors (Lipinski definition) is 2. The third-order valence-corrected chi connectivity index (χ3v) is 4.43. The second kappa shape index (κ2) is 6.36. The Hall–Kier alpha value is -2.81. The van der Waals surface area contributed by atoms with Crippen LogP contribution >= 0.6 is 0 Å². The lowest BCUT2D eigenvalue weighted by Crippen LogP contribution is -2.40. The molecule has 0 heterocycles. The minimum absolute atomic E-state index is 0.396. The topological polar surface area (TPSA) is 46.5 Å². The first-order chi connectivity index (χ1) is 11.5. The van der Waals surface area contributed by atoms with Gasteiger partial charge in [-0.25, -0.2) is 4.79 Å². The maximum Gasteiger partial charge on any atom is 0.347 e. The summed E-state index contributed by atoms with van der Waals surface area (Å²) in [7, 11) is 0. The molecular formula is C21H20O3. The van der Waals surface area contributed by atoms with Crippen LogP contribution in [-0.2, 0) is 4.79 Å². The maximum atomic E-state index is 11.4. The number of carbonyl (C=O) groups is 1. The van der Waals surface area contributed by atoms with E-state index in [4.69, 9.17) is 4.74 Å². The van der Waals surface area contributed by atoms with Crippen molar-refractivity contribution in [1.29, 1.82) is 0 Å². The van der Waals surface area contributed by atoms with Gasteiger partial charge in [0.05, 0.1) is 0 Å². The molecule has 0 aromatic heterocycles. The molecule has 24 heavy (non-hydrogen) atoms. The quantitative estimate of drug-likeness (QED) is 0.708. The van der Waals surface area contributed by atoms with Gasteiger partial charge in [0, 0.05) is 0 Å². The Kier molecular flexibility index (Phi) is 4.26. The maximum absolute atomic E-state index is 11.4. The monoisotopic (exact) mass is 320 g/mol. The molecule has 0 saturated heterocycles. The van der Waals surface area contributed by atoms with Crippen molar-refractivity contribution in [3.05, 3.63) is 66.7 Å². The lowest BCUT2D eigenvalue weighted by molar-refractivity contribution is -0.154. The molecule has 0 aliphatic carbocycles. The molecule has 0 bridgehead atoms. The van der Waals surface area contributed by atoms with E-state index in [0.717, 1.165) is 11.1 Å². The predicted octanol–water partition coefficient (Wildman–Crippen LogP) is 5.14. The van der Waals surface area contributed by atoms with Crippen molar-refractivity contribution in [3.8, 4) is 16.9 Å². The average molecular weight is 320 g/mol. The van der Waals surface area contributed by atoms with Gasteiger partial charge < -0.3 is 9.84 Å². The number of rotatable bonds is 5. The fourth-order valence-electron chi connectivity index (χ4n) is 2.71. The molecule has 0 fully saturated rings. The van der Waals surface area contributed by atoms with E-state index in [2.05, 4.69) is 24.3 Å². The molecule has 3 heteroatoms. The number of aliphatic carboxylic acids is 1. The fourth-order valence-corrected chi connectivity index (χ4v) is 2.71. The van der Waals surface area contributed by atoms with Crippen LogP contribution in [0.3, 0.4) is 0 Å². The molecule has 0 aliphatic heterocycles. The molecule has 3 aromatic rings. The Morgan fingerprint density at radius 2 is 1.67 bits per heavy atom. The molecule has 0 spiro atoms. The van der Waals surface area contributed by atoms with Crippen molar-refractivity contribution >= 4 is 16.7 Å². The van der Waals surface area contributed by atoms with Crippen LogP contribution in [0.1, 0.15) is 20.3 Å². The van der Waals surface area contributed by atoms with Crippen molar-refractivity contribution in [3.63, 3.8) is 0 Å². The van der Waals surface area contributed by atoms with Crippen molar-refractivity contribution < 1.29 is 14.6 Å². The highest BCUT2D eigenvalue weighted by Gasteiger charge is 2.33. The van der Waals surface area contributed by atoms with Gasteiger partial charge in [0.25, 0.3) is 0 Å². The normalized spacial score (nSPS) is 13.4. The summed E-state index contributed by atoms with van der Waals surface area (Å²) in [5.41, 5.74) is 1.02. The average Bonchev–Trinajstić information content (AvgIpc) is 2.61. The Bertz CT molecular complexity index is 862. The molecule has 0 unspecified atom stereocenters. The van der Waals surface area contributed by atoms with E-state index in [1.54, 1.807) is 13.8 Å². The van der Waals surface area contributed by atoms with E-state index in [1.807, 2.05) is 42.5 Å². The van der Waals surface area contributed by atoms with E-state index in [9.17, 15) is 9.90 Å². The summed E-state index contributed by atoms with van der Waals surface area (Å²) in [6, 6.07) is 22.1. The van der Waals surface area contributed by atoms with Crippen molar-refractivity contribution in [2.24, 2.45) is 0 Å². The van der Waals surface area contributed by atoms with Gasteiger partial charge in [-0.1, -0.05) is 61.5 Å². The van der Waals surface area contributed by atoms with Crippen LogP contribution < -0.4 is 4.74 Å². The van der Waals surface area contributed by atoms with E-state index in [1.165, 1.54) is 10.8 Å². The molecule has 0 amide bonds. The van der Waals surface area contributed by atoms with E-state index in [-0.39, 0.29) is 0 Å². The lowest BCUT2D eigenvalue weighted by atomic mass is 9.98. The van der Waals surface area contributed by atoms with Crippen LogP contribution in [-0.4, -0.2) is 16.7 Å². The Morgan fingerprint density at radius 3 is 2.33 bits per heavy atom. The van der Waals surface area contributed by atoms with Gasteiger partial charge in [-0.3, -0.25) is 0 Å². The lowest BCUT2D eigenvalue weighted by Gasteiger charge is -2.24. The largest absolute Gasteiger partial charge is 0.478 e. The zero-order valence-corrected chi connectivity index (χ0v) is 13.8. The smallest absolute Gasteiger partial charge is 0.347 e. The summed E-state index contributed by atoms with van der Waals surface area (Å²) in [6.45, 7) is 3.40. The second-order valence-corrected chi connectivity index (χ2v) is 6.04. The highest BCUT2D eigenvalue weighted by Crippen LogP contribution is 2.30. The Morgan fingerprint density at radius 1 is 1.00 bits per heavy atom. The van der Waals surface area contributed by atoms with Gasteiger partial charge in [-0.2, -0.15) is 0 Å². The summed E-state index contributed by atoms with van der Waals surface area (Å²) >= 11 is 0. The van der Waals surface area contributed by atoms with Crippen LogP contribution in [0.5, 0.6) is 5.75 Å². The molecule has 122 valence electrons. The van der Waals surface area contributed by atoms with Crippen LogP contribution in [0.2, 0.25) is 0 Å². The van der Waals surface area contributed by atoms with E-state index < -0.39 is 11.6 Å². The zero-order chi connectivity index (χ0) is 17.2. The summed E-state index contributed by atoms with van der Waals surface area (Å²) in [5, 5.41) is 11.7. The van der Waals surface area contributed by atoms with Crippen LogP contribution in [0.25, 0.3) is 21.9 Å². The first kappa shape index (κ1) is 16.1. The standard InChI is InChI=1S/C21H20O3/c1-3-21(2,20(22)23)24-17-13-11-16(12-14-17)19-10-6-8-15-7-4-5-9-18(15)19/h4-14H,3H2,1-2H3,(H,22,23)/t21-/m1/s1. The second-order valence-electron chi connectivity index (χ2n) is 6.04. The number of benzene rings is 3. The Balaban J connectivity index is 1.93. The molecule has 3 rings (SSSR count). The van der Waals surface area contributed by atoms with Crippen molar-refractivity contribution in [2.45, 2.75) is 25.9 Å². The van der Waals surface area contributed by atoms with Crippen LogP contribution in [0.15, 0.2) is 66.7 Å². The van der Waals surface area contributed by atoms with Crippen molar-refractivity contribution in [2.75, 3.05) is 0 Å². The number of hydrogen-bond donors (Lipinski definition) is 1. The summed E-state index contributed by atoms with van der Waals surface area (Å²) in [5.74, 6) is -0.395. The van der Waals surface area contributed by atoms with Gasteiger partial charge in [-0.05, 0) is 47.4 Å². The van der Waals surface area contributed by atoms with Gasteiger partial charge in [0.1, 0.15) is 5.75 Å². The van der Waals surface area contributed by atoms with Gasteiger partial charge >= 0.3 is 5.97 Å². The summed E-state index contributed by atoms with van der Waals surface area (Å²) in [6.07, 6.45) is 0.396. The highest BCUT2D eigenvalue weighted by atomic mass is 16.5. The molecule has 1 atom stereocenters. The third kappa shape index (κ3) is 2.98. The summed E-state index contributed by atoms with van der Waals surface area (Å²) < 4.78 is 5.69. The predicted molar refractivity (Wildman–Crippen MR) is 96.3 cm³/mol. The molecule has 0 radical (unpaired) electrons. The number of ether oxygens (including phenoxy) is 1. The van der Waals surface area contributed by atoms with Crippen molar-refractivity contribution in [1.82, 2.24) is 0 Å². The molecule has 3 nitrogen and oxygen atoms in total. The first-order valence-electron chi connectivity index (χ1n) is 8.04. The van der Waals surface area contributed by atoms with Gasteiger partial charge in [0.15, 0.2) is 0 Å². The zero-order valence-electron chi connectivity index (χ0n) is 13.8. The summed E-state index contributed by atoms with van der Waals surface area (Å²) in [4.78, 5) is 11.4. The van der Waals surface area contributed by atoms with Crippen LogP contribution in [0.4, 0.5) is 0 Å². The van der Waals surface area contributed by atoms with Crippen LogP contribution in [0, 0.1) is 0 Å².